The maximum Gasteiger partial charge on any atom is 0.186 e. The summed E-state index contributed by atoms with van der Waals surface area (Å²) in [4.78, 5) is 0. The van der Waals surface area contributed by atoms with Gasteiger partial charge in [-0.2, -0.15) is 0 Å². The predicted octanol–water partition coefficient (Wildman–Crippen LogP) is 2.45. The van der Waals surface area contributed by atoms with E-state index in [1.165, 1.54) is 7.11 Å². The topological polar surface area (TPSA) is 88.4 Å². The van der Waals surface area contributed by atoms with Crippen LogP contribution in [-0.2, 0) is 19.8 Å². The highest BCUT2D eigenvalue weighted by Crippen LogP contribution is 2.41. The third-order valence-corrected chi connectivity index (χ3v) is 5.91. The van der Waals surface area contributed by atoms with E-state index in [0.29, 0.717) is 0 Å². The first-order chi connectivity index (χ1) is 15.6. The third-order valence-electron chi connectivity index (χ3n) is 5.91. The summed E-state index contributed by atoms with van der Waals surface area (Å²) in [7, 11) is 1.37. The summed E-state index contributed by atoms with van der Waals surface area (Å²) >= 11 is 0. The Kier molecular flexibility index (Phi) is 7.01. The smallest absolute Gasteiger partial charge is 0.186 e. The minimum atomic E-state index is -1.41. The van der Waals surface area contributed by atoms with Crippen molar-refractivity contribution in [3.05, 3.63) is 108 Å². The molecule has 32 heavy (non-hydrogen) atoms. The van der Waals surface area contributed by atoms with E-state index >= 15 is 0 Å². The van der Waals surface area contributed by atoms with Gasteiger partial charge in [0.15, 0.2) is 6.29 Å². The minimum Gasteiger partial charge on any atom is -0.387 e. The molecule has 0 aliphatic carbocycles. The fraction of sp³-hybridized carbons (Fsp3) is 0.308. The van der Waals surface area contributed by atoms with Crippen molar-refractivity contribution >= 4 is 0 Å². The van der Waals surface area contributed by atoms with Gasteiger partial charge in [-0.25, -0.2) is 0 Å². The van der Waals surface area contributed by atoms with E-state index in [4.69, 9.17) is 14.2 Å². The van der Waals surface area contributed by atoms with Crippen LogP contribution in [-0.4, -0.2) is 59.7 Å². The fourth-order valence-electron chi connectivity index (χ4n) is 4.22. The van der Waals surface area contributed by atoms with Crippen LogP contribution in [0.1, 0.15) is 16.7 Å². The Labute approximate surface area is 187 Å². The zero-order valence-corrected chi connectivity index (χ0v) is 17.8. The van der Waals surface area contributed by atoms with Crippen LogP contribution in [0.25, 0.3) is 0 Å². The van der Waals surface area contributed by atoms with E-state index in [1.54, 1.807) is 0 Å². The molecule has 0 aromatic heterocycles. The number of methoxy groups -OCH3 is 1. The normalized spacial score (nSPS) is 26.1. The summed E-state index contributed by atoms with van der Waals surface area (Å²) in [6.07, 6.45) is -6.08. The molecule has 3 aromatic carbocycles. The molecule has 1 aliphatic rings. The number of benzene rings is 3. The van der Waals surface area contributed by atoms with Gasteiger partial charge >= 0.3 is 0 Å². The predicted molar refractivity (Wildman–Crippen MR) is 119 cm³/mol. The number of hydrogen-bond acceptors (Lipinski definition) is 6. The SMILES string of the molecule is CO[C@@H]1OC(COC(c2ccccc2)(c2ccccc2)c2ccccc2)[C@H](O)[C@H](O)[C@@H]1O. The van der Waals surface area contributed by atoms with Crippen molar-refractivity contribution in [2.75, 3.05) is 13.7 Å². The second-order valence-corrected chi connectivity index (χ2v) is 7.84. The Morgan fingerprint density at radius 3 is 1.53 bits per heavy atom. The molecule has 0 amide bonds. The molecule has 1 saturated heterocycles. The highest BCUT2D eigenvalue weighted by molar-refractivity contribution is 5.47. The molecule has 3 aromatic rings. The number of rotatable bonds is 7. The summed E-state index contributed by atoms with van der Waals surface area (Å²) in [5.74, 6) is 0. The number of hydrogen-bond donors (Lipinski definition) is 3. The molecule has 0 saturated carbocycles. The van der Waals surface area contributed by atoms with E-state index in [0.717, 1.165) is 16.7 Å². The minimum absolute atomic E-state index is 0.0521. The Balaban J connectivity index is 1.77. The van der Waals surface area contributed by atoms with Gasteiger partial charge in [0, 0.05) is 7.11 Å². The average molecular weight is 437 g/mol. The van der Waals surface area contributed by atoms with Crippen LogP contribution in [0.4, 0.5) is 0 Å². The van der Waals surface area contributed by atoms with Gasteiger partial charge in [0.25, 0.3) is 0 Å². The van der Waals surface area contributed by atoms with Crippen molar-refractivity contribution in [1.82, 2.24) is 0 Å². The quantitative estimate of drug-likeness (QED) is 0.493. The molecule has 3 N–H and O–H groups in total. The lowest BCUT2D eigenvalue weighted by atomic mass is 9.80. The van der Waals surface area contributed by atoms with Crippen molar-refractivity contribution in [2.45, 2.75) is 36.3 Å². The summed E-state index contributed by atoms with van der Waals surface area (Å²) in [6.45, 7) is -0.0521. The van der Waals surface area contributed by atoms with E-state index in [2.05, 4.69) is 0 Å². The Bertz CT molecular complexity index is 867. The summed E-state index contributed by atoms with van der Waals surface area (Å²) in [6, 6.07) is 29.5. The van der Waals surface area contributed by atoms with Crippen LogP contribution in [0, 0.1) is 0 Å². The van der Waals surface area contributed by atoms with Gasteiger partial charge in [-0.05, 0) is 16.7 Å². The molecule has 6 nitrogen and oxygen atoms in total. The monoisotopic (exact) mass is 436 g/mol. The van der Waals surface area contributed by atoms with Crippen molar-refractivity contribution in [3.63, 3.8) is 0 Å². The van der Waals surface area contributed by atoms with Gasteiger partial charge in [-0.3, -0.25) is 0 Å². The average Bonchev–Trinajstić information content (AvgIpc) is 2.86. The molecule has 5 atom stereocenters. The largest absolute Gasteiger partial charge is 0.387 e. The first-order valence-electron chi connectivity index (χ1n) is 10.6. The van der Waals surface area contributed by atoms with Gasteiger partial charge in [-0.15, -0.1) is 0 Å². The van der Waals surface area contributed by atoms with Gasteiger partial charge in [0.2, 0.25) is 0 Å². The van der Waals surface area contributed by atoms with Gasteiger partial charge in [0.05, 0.1) is 6.61 Å². The Morgan fingerprint density at radius 2 is 1.12 bits per heavy atom. The van der Waals surface area contributed by atoms with Crippen molar-refractivity contribution in [1.29, 1.82) is 0 Å². The molecule has 1 aliphatic heterocycles. The van der Waals surface area contributed by atoms with Crippen LogP contribution >= 0.6 is 0 Å². The lowest BCUT2D eigenvalue weighted by Crippen LogP contribution is -2.59. The summed E-state index contributed by atoms with van der Waals surface area (Å²) in [5, 5.41) is 30.9. The second kappa shape index (κ2) is 9.92. The van der Waals surface area contributed by atoms with Crippen LogP contribution in [0.3, 0.4) is 0 Å². The Hall–Kier alpha value is -2.58. The molecule has 0 bridgehead atoms. The first kappa shape index (κ1) is 22.6. The molecule has 1 heterocycles. The molecule has 1 fully saturated rings. The molecular formula is C26H28O6. The molecule has 1 unspecified atom stereocenters. The first-order valence-corrected chi connectivity index (χ1v) is 10.6. The fourth-order valence-corrected chi connectivity index (χ4v) is 4.22. The van der Waals surface area contributed by atoms with Gasteiger partial charge in [0.1, 0.15) is 30.0 Å². The number of aliphatic hydroxyl groups excluding tert-OH is 3. The molecular weight excluding hydrogens is 408 g/mol. The standard InChI is InChI=1S/C26H28O6/c1-30-25-24(29)23(28)22(27)21(32-25)17-31-26(18-11-5-2-6-12-18,19-13-7-3-8-14-19)20-15-9-4-10-16-20/h2-16,21-25,27-29H,17H2,1H3/t21?,22-,23-,24-,25+/m0/s1. The highest BCUT2D eigenvalue weighted by atomic mass is 16.7. The lowest BCUT2D eigenvalue weighted by molar-refractivity contribution is -0.299. The maximum absolute atomic E-state index is 10.6. The number of ether oxygens (including phenoxy) is 3. The molecule has 4 rings (SSSR count). The van der Waals surface area contributed by atoms with E-state index in [9.17, 15) is 15.3 Å². The van der Waals surface area contributed by atoms with Crippen LogP contribution in [0.5, 0.6) is 0 Å². The van der Waals surface area contributed by atoms with Crippen LogP contribution < -0.4 is 0 Å². The highest BCUT2D eigenvalue weighted by Gasteiger charge is 2.46. The molecule has 168 valence electrons. The van der Waals surface area contributed by atoms with Crippen LogP contribution in [0.15, 0.2) is 91.0 Å². The van der Waals surface area contributed by atoms with Gasteiger partial charge in [-0.1, -0.05) is 91.0 Å². The molecule has 6 heteroatoms. The third kappa shape index (κ3) is 4.21. The summed E-state index contributed by atoms with van der Waals surface area (Å²) in [5.41, 5.74) is 1.74. The number of aliphatic hydroxyl groups is 3. The maximum atomic E-state index is 10.6. The van der Waals surface area contributed by atoms with Crippen molar-refractivity contribution in [2.24, 2.45) is 0 Å². The zero-order chi connectivity index (χ0) is 22.6. The Morgan fingerprint density at radius 1 is 0.688 bits per heavy atom. The van der Waals surface area contributed by atoms with E-state index < -0.39 is 36.3 Å². The van der Waals surface area contributed by atoms with Crippen molar-refractivity contribution in [3.8, 4) is 0 Å². The van der Waals surface area contributed by atoms with E-state index in [1.807, 2.05) is 91.0 Å². The summed E-state index contributed by atoms with van der Waals surface area (Å²) < 4.78 is 17.5. The second-order valence-electron chi connectivity index (χ2n) is 7.84. The lowest BCUT2D eigenvalue weighted by Gasteiger charge is -2.42. The van der Waals surface area contributed by atoms with E-state index in [-0.39, 0.29) is 6.61 Å². The zero-order valence-electron chi connectivity index (χ0n) is 17.8. The van der Waals surface area contributed by atoms with Gasteiger partial charge < -0.3 is 29.5 Å². The molecule has 0 spiro atoms. The molecule has 0 radical (unpaired) electrons. The van der Waals surface area contributed by atoms with Crippen LogP contribution in [0.2, 0.25) is 0 Å². The van der Waals surface area contributed by atoms with Crippen molar-refractivity contribution < 1.29 is 29.5 Å².